The van der Waals surface area contributed by atoms with Gasteiger partial charge in [-0.3, -0.25) is 0 Å². The van der Waals surface area contributed by atoms with Crippen molar-refractivity contribution >= 4 is 10.8 Å². The fourth-order valence-electron chi connectivity index (χ4n) is 3.11. The van der Waals surface area contributed by atoms with Crippen molar-refractivity contribution in [3.63, 3.8) is 0 Å². The zero-order chi connectivity index (χ0) is 15.1. The number of benzene rings is 1. The molecule has 0 N–H and O–H groups in total. The van der Waals surface area contributed by atoms with Gasteiger partial charge in [-0.15, -0.1) is 0 Å². The second-order valence-electron chi connectivity index (χ2n) is 5.32. The van der Waals surface area contributed by atoms with Gasteiger partial charge in [-0.25, -0.2) is 4.39 Å². The molecule has 2 aromatic heterocycles. The monoisotopic (exact) mass is 283 g/mol. The summed E-state index contributed by atoms with van der Waals surface area (Å²) < 4.78 is 15.4. The van der Waals surface area contributed by atoms with Crippen LogP contribution in [0.1, 0.15) is 29.7 Å². The first-order valence-electron chi connectivity index (χ1n) is 7.14. The molecule has 3 aromatic rings. The van der Waals surface area contributed by atoms with Crippen molar-refractivity contribution in [1.82, 2.24) is 14.8 Å². The number of nitrogens with zero attached hydrogens (tertiary/aromatic N) is 3. The van der Waals surface area contributed by atoms with Crippen LogP contribution in [0.2, 0.25) is 0 Å². The third-order valence-electron chi connectivity index (χ3n) is 4.00. The summed E-state index contributed by atoms with van der Waals surface area (Å²) in [6.45, 7) is 8.18. The summed E-state index contributed by atoms with van der Waals surface area (Å²) in [5.41, 5.74) is 5.18. The van der Waals surface area contributed by atoms with Gasteiger partial charge in [0.2, 0.25) is 0 Å². The topological polar surface area (TPSA) is 30.7 Å². The van der Waals surface area contributed by atoms with E-state index in [-0.39, 0.29) is 5.82 Å². The largest absolute Gasteiger partial charge is 0.317 e. The quantitative estimate of drug-likeness (QED) is 0.710. The van der Waals surface area contributed by atoms with Crippen molar-refractivity contribution in [1.29, 1.82) is 0 Å². The van der Waals surface area contributed by atoms with Gasteiger partial charge < -0.3 is 4.57 Å². The van der Waals surface area contributed by atoms with Crippen molar-refractivity contribution in [2.45, 2.75) is 34.1 Å². The fraction of sp³-hybridized carbons (Fsp3) is 0.294. The number of halogens is 1. The lowest BCUT2D eigenvalue weighted by molar-refractivity contribution is 0.627. The first-order chi connectivity index (χ1) is 10.0. The van der Waals surface area contributed by atoms with Crippen molar-refractivity contribution in [2.75, 3.05) is 0 Å². The van der Waals surface area contributed by atoms with E-state index in [4.69, 9.17) is 0 Å². The third kappa shape index (κ3) is 2.02. The minimum Gasteiger partial charge on any atom is -0.317 e. The molecule has 0 saturated heterocycles. The molecule has 0 aliphatic heterocycles. The highest BCUT2D eigenvalue weighted by Gasteiger charge is 2.18. The smallest absolute Gasteiger partial charge is 0.123 e. The highest BCUT2D eigenvalue weighted by atomic mass is 19.1. The molecular formula is C17H18FN3. The maximum absolute atomic E-state index is 13.2. The Balaban J connectivity index is 2.43. The first kappa shape index (κ1) is 13.7. The van der Waals surface area contributed by atoms with Gasteiger partial charge in [0.1, 0.15) is 5.82 Å². The number of rotatable bonds is 2. The molecule has 3 nitrogen and oxygen atoms in total. The van der Waals surface area contributed by atoms with Crippen LogP contribution in [0, 0.1) is 26.6 Å². The van der Waals surface area contributed by atoms with E-state index >= 15 is 0 Å². The lowest BCUT2D eigenvalue weighted by Crippen LogP contribution is -2.01. The Morgan fingerprint density at radius 2 is 1.52 bits per heavy atom. The van der Waals surface area contributed by atoms with Gasteiger partial charge in [0.15, 0.2) is 0 Å². The van der Waals surface area contributed by atoms with E-state index in [2.05, 4.69) is 28.6 Å². The molecule has 0 atom stereocenters. The fourth-order valence-corrected chi connectivity index (χ4v) is 3.11. The molecule has 1 aromatic carbocycles. The Kier molecular flexibility index (Phi) is 3.24. The van der Waals surface area contributed by atoms with E-state index < -0.39 is 0 Å². The lowest BCUT2D eigenvalue weighted by Gasteiger charge is -2.10. The Hall–Kier alpha value is -2.23. The number of fused-ring (bicyclic) bond motifs is 1. The molecule has 3 rings (SSSR count). The highest BCUT2D eigenvalue weighted by molar-refractivity contribution is 5.92. The Morgan fingerprint density at radius 1 is 0.952 bits per heavy atom. The Bertz CT molecular complexity index is 816. The molecule has 0 radical (unpaired) electrons. The predicted octanol–water partition coefficient (Wildman–Crippen LogP) is 4.05. The van der Waals surface area contributed by atoms with Crippen LogP contribution >= 0.6 is 0 Å². The van der Waals surface area contributed by atoms with E-state index in [9.17, 15) is 4.39 Å². The van der Waals surface area contributed by atoms with Gasteiger partial charge in [0.25, 0.3) is 0 Å². The molecule has 0 fully saturated rings. The Labute approximate surface area is 123 Å². The predicted molar refractivity (Wildman–Crippen MR) is 82.4 cm³/mol. The maximum Gasteiger partial charge on any atom is 0.123 e. The molecular weight excluding hydrogens is 265 g/mol. The number of aryl methyl sites for hydroxylation is 4. The van der Waals surface area contributed by atoms with Crippen molar-refractivity contribution in [3.05, 3.63) is 52.9 Å². The number of hydrogen-bond donors (Lipinski definition) is 0. The first-order valence-corrected chi connectivity index (χ1v) is 7.14. The third-order valence-corrected chi connectivity index (χ3v) is 4.00. The maximum atomic E-state index is 13.2. The van der Waals surface area contributed by atoms with Crippen molar-refractivity contribution in [2.24, 2.45) is 0 Å². The van der Waals surface area contributed by atoms with Gasteiger partial charge in [0.05, 0.1) is 11.4 Å². The second kappa shape index (κ2) is 4.95. The summed E-state index contributed by atoms with van der Waals surface area (Å²) in [6.07, 6.45) is 0.883. The van der Waals surface area contributed by atoms with Crippen molar-refractivity contribution in [3.8, 4) is 5.69 Å². The summed E-state index contributed by atoms with van der Waals surface area (Å²) in [4.78, 5) is 0. The molecule has 0 spiro atoms. The normalized spacial score (nSPS) is 11.3. The van der Waals surface area contributed by atoms with Crippen LogP contribution < -0.4 is 0 Å². The summed E-state index contributed by atoms with van der Waals surface area (Å²) in [5.74, 6) is -0.221. The SMILES string of the molecule is CCc1c2c(C)nnc(C)c2c(C)n1-c1ccc(F)cc1. The molecule has 0 bridgehead atoms. The van der Waals surface area contributed by atoms with Gasteiger partial charge in [-0.05, 0) is 51.5 Å². The van der Waals surface area contributed by atoms with Gasteiger partial charge in [-0.1, -0.05) is 6.92 Å². The van der Waals surface area contributed by atoms with Crippen LogP contribution in [-0.2, 0) is 6.42 Å². The van der Waals surface area contributed by atoms with Gasteiger partial charge >= 0.3 is 0 Å². The second-order valence-corrected chi connectivity index (χ2v) is 5.32. The van der Waals surface area contributed by atoms with E-state index in [0.29, 0.717) is 0 Å². The van der Waals surface area contributed by atoms with Gasteiger partial charge in [0, 0.05) is 27.8 Å². The van der Waals surface area contributed by atoms with Crippen LogP contribution in [0.5, 0.6) is 0 Å². The minimum absolute atomic E-state index is 0.221. The molecule has 0 unspecified atom stereocenters. The standard InChI is InChI=1S/C17H18FN3/c1-5-15-17-11(3)20-19-10(2)16(17)12(4)21(15)14-8-6-13(18)7-9-14/h6-9H,5H2,1-4H3. The summed E-state index contributed by atoms with van der Waals surface area (Å²) in [7, 11) is 0. The lowest BCUT2D eigenvalue weighted by atomic mass is 10.1. The number of aromatic nitrogens is 3. The van der Waals surface area contributed by atoms with Crippen LogP contribution in [0.3, 0.4) is 0 Å². The summed E-state index contributed by atoms with van der Waals surface area (Å²) in [6, 6.07) is 6.61. The summed E-state index contributed by atoms with van der Waals surface area (Å²) in [5, 5.41) is 10.8. The number of hydrogen-bond acceptors (Lipinski definition) is 2. The average Bonchev–Trinajstić information content (AvgIpc) is 2.78. The van der Waals surface area contributed by atoms with Crippen LogP contribution in [0.4, 0.5) is 4.39 Å². The summed E-state index contributed by atoms with van der Waals surface area (Å²) >= 11 is 0. The molecule has 2 heterocycles. The van der Waals surface area contributed by atoms with Crippen LogP contribution in [0.15, 0.2) is 24.3 Å². The molecule has 4 heteroatoms. The zero-order valence-electron chi connectivity index (χ0n) is 12.7. The van der Waals surface area contributed by atoms with E-state index in [1.807, 2.05) is 26.0 Å². The van der Waals surface area contributed by atoms with E-state index in [1.54, 1.807) is 0 Å². The zero-order valence-corrected chi connectivity index (χ0v) is 12.7. The minimum atomic E-state index is -0.221. The highest BCUT2D eigenvalue weighted by Crippen LogP contribution is 2.32. The van der Waals surface area contributed by atoms with E-state index in [1.165, 1.54) is 23.2 Å². The van der Waals surface area contributed by atoms with E-state index in [0.717, 1.165) is 34.6 Å². The average molecular weight is 283 g/mol. The van der Waals surface area contributed by atoms with Crippen LogP contribution in [0.25, 0.3) is 16.5 Å². The van der Waals surface area contributed by atoms with Crippen molar-refractivity contribution < 1.29 is 4.39 Å². The molecule has 0 saturated carbocycles. The molecule has 0 amide bonds. The molecule has 108 valence electrons. The Morgan fingerprint density at radius 3 is 2.10 bits per heavy atom. The molecule has 0 aliphatic carbocycles. The molecule has 21 heavy (non-hydrogen) atoms. The van der Waals surface area contributed by atoms with Crippen LogP contribution in [-0.4, -0.2) is 14.8 Å². The van der Waals surface area contributed by atoms with Gasteiger partial charge in [-0.2, -0.15) is 10.2 Å². The molecule has 0 aliphatic rings.